The van der Waals surface area contributed by atoms with Crippen molar-refractivity contribution in [3.8, 4) is 33.8 Å². The first-order valence-electron chi connectivity index (χ1n) is 23.7. The molecular formula is C60H84O2Si. The summed E-state index contributed by atoms with van der Waals surface area (Å²) in [4.78, 5) is 0. The molecule has 2 unspecified atom stereocenters. The van der Waals surface area contributed by atoms with Gasteiger partial charge in [-0.05, 0) is 102 Å². The van der Waals surface area contributed by atoms with Crippen LogP contribution >= 0.6 is 0 Å². The van der Waals surface area contributed by atoms with E-state index in [4.69, 9.17) is 9.47 Å². The summed E-state index contributed by atoms with van der Waals surface area (Å²) in [6.07, 6.45) is 5.08. The SMILES string of the molecule is COc1c(C(C)(C)C)cc2c(c1-c1cc(C(C)(C)C)cc(C(C)(C)C)c1)C=C(C)C2[Si](C)(C)C1C(C)=Cc2c1cc(C(C)(C)C)c(OC)c2-c1cc(C(C)(C)C)cc(C(C)(C)C)c1. The standard InChI is InChI=1S/C60H84O2Si/c1-35-25-43-45(33-47(59(15,16)17)51(61-21)49(43)37-27-39(55(3,4)5)31-40(28-37)56(6,7)8)53(35)63(23,24)54-36(2)26-44-46(54)34-48(60(18,19)20)52(62-22)50(44)38-29-41(57(9,10)11)32-42(30-38)58(12,13)14/h25-34,53-54H,1-24H3. The summed E-state index contributed by atoms with van der Waals surface area (Å²) in [5.41, 5.74) is 21.9. The number of methoxy groups -OCH3 is 2. The summed E-state index contributed by atoms with van der Waals surface area (Å²) < 4.78 is 13.2. The minimum atomic E-state index is -2.31. The number of allylic oxidation sites excluding steroid dienone is 2. The highest BCUT2D eigenvalue weighted by Crippen LogP contribution is 2.59. The van der Waals surface area contributed by atoms with E-state index in [1.54, 1.807) is 0 Å². The van der Waals surface area contributed by atoms with Gasteiger partial charge < -0.3 is 9.47 Å². The van der Waals surface area contributed by atoms with Crippen LogP contribution in [0.25, 0.3) is 34.4 Å². The number of fused-ring (bicyclic) bond motifs is 2. The minimum absolute atomic E-state index is 0.00715. The highest BCUT2D eigenvalue weighted by molar-refractivity contribution is 6.81. The Morgan fingerprint density at radius 1 is 0.397 bits per heavy atom. The van der Waals surface area contributed by atoms with Crippen LogP contribution in [-0.4, -0.2) is 22.3 Å². The molecule has 63 heavy (non-hydrogen) atoms. The first-order chi connectivity index (χ1) is 28.5. The van der Waals surface area contributed by atoms with Crippen LogP contribution in [0.1, 0.15) is 205 Å². The molecule has 4 aromatic rings. The van der Waals surface area contributed by atoms with Crippen molar-refractivity contribution >= 4 is 20.2 Å². The van der Waals surface area contributed by atoms with E-state index < -0.39 is 8.07 Å². The molecule has 0 spiro atoms. The topological polar surface area (TPSA) is 18.5 Å². The molecule has 0 aliphatic heterocycles. The molecule has 0 bridgehead atoms. The van der Waals surface area contributed by atoms with Gasteiger partial charge >= 0.3 is 0 Å². The second kappa shape index (κ2) is 15.7. The van der Waals surface area contributed by atoms with Gasteiger partial charge in [-0.1, -0.05) is 210 Å². The van der Waals surface area contributed by atoms with Crippen LogP contribution in [0.4, 0.5) is 0 Å². The van der Waals surface area contributed by atoms with Crippen LogP contribution in [0.5, 0.6) is 11.5 Å². The fraction of sp³-hybridized carbons (Fsp3) is 0.533. The molecule has 2 atom stereocenters. The molecule has 0 saturated carbocycles. The van der Waals surface area contributed by atoms with Gasteiger partial charge in [0.15, 0.2) is 0 Å². The third-order valence-electron chi connectivity index (χ3n) is 14.4. The Bertz CT molecular complexity index is 2270. The summed E-state index contributed by atoms with van der Waals surface area (Å²) in [6.45, 7) is 52.4. The fourth-order valence-electron chi connectivity index (χ4n) is 10.8. The summed E-state index contributed by atoms with van der Waals surface area (Å²) in [7, 11) is 1.44. The van der Waals surface area contributed by atoms with Crippen molar-refractivity contribution < 1.29 is 9.47 Å². The Kier molecular flexibility index (Phi) is 12.1. The van der Waals surface area contributed by atoms with E-state index in [-0.39, 0.29) is 32.5 Å². The monoisotopic (exact) mass is 865 g/mol. The minimum Gasteiger partial charge on any atom is -0.496 e. The second-order valence-electron chi connectivity index (χ2n) is 26.2. The molecule has 0 aromatic heterocycles. The zero-order valence-electron chi connectivity index (χ0n) is 44.2. The first-order valence-corrected chi connectivity index (χ1v) is 26.9. The molecule has 6 rings (SSSR count). The summed E-state index contributed by atoms with van der Waals surface area (Å²) in [5, 5.41) is 0. The van der Waals surface area contributed by atoms with Crippen LogP contribution in [0.15, 0.2) is 59.7 Å². The van der Waals surface area contributed by atoms with Crippen LogP contribution < -0.4 is 9.47 Å². The van der Waals surface area contributed by atoms with Crippen molar-refractivity contribution in [1.29, 1.82) is 0 Å². The largest absolute Gasteiger partial charge is 0.496 e. The molecule has 0 saturated heterocycles. The molecule has 0 radical (unpaired) electrons. The Labute approximate surface area is 386 Å². The average Bonchev–Trinajstić information content (AvgIpc) is 3.66. The summed E-state index contributed by atoms with van der Waals surface area (Å²) in [6, 6.07) is 19.8. The molecule has 4 aromatic carbocycles. The zero-order chi connectivity index (χ0) is 47.5. The Morgan fingerprint density at radius 2 is 0.667 bits per heavy atom. The normalized spacial score (nSPS) is 17.4. The van der Waals surface area contributed by atoms with Crippen LogP contribution in [-0.2, 0) is 32.5 Å². The van der Waals surface area contributed by atoms with Gasteiger partial charge in [-0.15, -0.1) is 0 Å². The number of benzene rings is 4. The molecule has 2 aliphatic carbocycles. The van der Waals surface area contributed by atoms with Crippen molar-refractivity contribution in [1.82, 2.24) is 0 Å². The fourth-order valence-corrected chi connectivity index (χ4v) is 15.8. The predicted molar refractivity (Wildman–Crippen MR) is 279 cm³/mol. The third-order valence-corrected chi connectivity index (χ3v) is 18.9. The van der Waals surface area contributed by atoms with Crippen LogP contribution in [0.3, 0.4) is 0 Å². The van der Waals surface area contributed by atoms with Gasteiger partial charge in [0.1, 0.15) is 11.5 Å². The van der Waals surface area contributed by atoms with Gasteiger partial charge in [-0.2, -0.15) is 0 Å². The molecule has 0 N–H and O–H groups in total. The highest BCUT2D eigenvalue weighted by atomic mass is 28.3. The van der Waals surface area contributed by atoms with Gasteiger partial charge in [0.05, 0.1) is 22.3 Å². The first kappa shape index (κ1) is 48.6. The van der Waals surface area contributed by atoms with Gasteiger partial charge in [0.2, 0.25) is 0 Å². The lowest BCUT2D eigenvalue weighted by Gasteiger charge is -2.40. The summed E-state index contributed by atoms with van der Waals surface area (Å²) >= 11 is 0. The molecule has 340 valence electrons. The summed E-state index contributed by atoms with van der Waals surface area (Å²) in [5.74, 6) is 2.02. The van der Waals surface area contributed by atoms with Gasteiger partial charge in [-0.25, -0.2) is 0 Å². The van der Waals surface area contributed by atoms with Crippen LogP contribution in [0.2, 0.25) is 13.1 Å². The van der Waals surface area contributed by atoms with Gasteiger partial charge in [0.25, 0.3) is 0 Å². The number of hydrogen-bond acceptors (Lipinski definition) is 2. The molecule has 2 nitrogen and oxygen atoms in total. The van der Waals surface area contributed by atoms with E-state index in [2.05, 4.69) is 212 Å². The molecule has 2 aliphatic rings. The molecule has 0 amide bonds. The molecule has 0 fully saturated rings. The lowest BCUT2D eigenvalue weighted by Crippen LogP contribution is -2.42. The van der Waals surface area contributed by atoms with E-state index in [9.17, 15) is 0 Å². The van der Waals surface area contributed by atoms with Crippen molar-refractivity contribution in [3.05, 3.63) is 115 Å². The predicted octanol–water partition coefficient (Wildman–Crippen LogP) is 17.3. The average molecular weight is 865 g/mol. The maximum Gasteiger partial charge on any atom is 0.131 e. The van der Waals surface area contributed by atoms with E-state index in [0.717, 1.165) is 11.5 Å². The van der Waals surface area contributed by atoms with Crippen molar-refractivity contribution in [2.45, 2.75) is 195 Å². The van der Waals surface area contributed by atoms with Crippen LogP contribution in [0, 0.1) is 0 Å². The molecule has 0 heterocycles. The number of rotatable bonds is 6. The smallest absolute Gasteiger partial charge is 0.131 e. The lowest BCUT2D eigenvalue weighted by molar-refractivity contribution is 0.399. The molecular weight excluding hydrogens is 781 g/mol. The quantitative estimate of drug-likeness (QED) is 0.180. The van der Waals surface area contributed by atoms with Gasteiger partial charge in [0, 0.05) is 33.3 Å². The third kappa shape index (κ3) is 8.83. The number of ether oxygens (including phenoxy) is 2. The zero-order valence-corrected chi connectivity index (χ0v) is 45.2. The lowest BCUT2D eigenvalue weighted by atomic mass is 9.77. The van der Waals surface area contributed by atoms with E-state index >= 15 is 0 Å². The van der Waals surface area contributed by atoms with E-state index in [0.29, 0.717) is 11.1 Å². The maximum absolute atomic E-state index is 6.59. The highest BCUT2D eigenvalue weighted by Gasteiger charge is 2.49. The van der Waals surface area contributed by atoms with Crippen molar-refractivity contribution in [2.24, 2.45) is 0 Å². The van der Waals surface area contributed by atoms with E-state index in [1.807, 2.05) is 14.2 Å². The second-order valence-corrected chi connectivity index (χ2v) is 31.0. The van der Waals surface area contributed by atoms with Crippen molar-refractivity contribution in [3.63, 3.8) is 0 Å². The Hall–Kier alpha value is -3.82. The maximum atomic E-state index is 6.59. The van der Waals surface area contributed by atoms with Gasteiger partial charge in [-0.3, -0.25) is 0 Å². The Balaban J connectivity index is 1.68. The Morgan fingerprint density at radius 3 is 0.889 bits per heavy atom. The number of hydrogen-bond donors (Lipinski definition) is 0. The molecule has 3 heteroatoms. The van der Waals surface area contributed by atoms with E-state index in [1.165, 1.54) is 89.0 Å². The van der Waals surface area contributed by atoms with Crippen molar-refractivity contribution in [2.75, 3.05) is 14.2 Å².